The lowest BCUT2D eigenvalue weighted by atomic mass is 10.2. The second-order valence-corrected chi connectivity index (χ2v) is 7.08. The minimum atomic E-state index is -0.756. The molecular formula is C20H18N2O3S. The lowest BCUT2D eigenvalue weighted by Crippen LogP contribution is -2.32. The number of aromatic nitrogens is 1. The summed E-state index contributed by atoms with van der Waals surface area (Å²) in [6.45, 7) is 1.28. The quantitative estimate of drug-likeness (QED) is 0.664. The van der Waals surface area contributed by atoms with Crippen LogP contribution in [0.3, 0.4) is 0 Å². The van der Waals surface area contributed by atoms with E-state index in [0.717, 1.165) is 22.8 Å². The molecule has 0 N–H and O–H groups in total. The first kappa shape index (κ1) is 16.9. The molecule has 2 aromatic carbocycles. The van der Waals surface area contributed by atoms with Gasteiger partial charge in [0.05, 0.1) is 13.2 Å². The summed E-state index contributed by atoms with van der Waals surface area (Å²) < 4.78 is 7.79. The number of thioether (sulfide) groups is 1. The number of ether oxygens (including phenoxy) is 1. The monoisotopic (exact) mass is 366 g/mol. The highest BCUT2D eigenvalue weighted by Crippen LogP contribution is 2.29. The van der Waals surface area contributed by atoms with Crippen molar-refractivity contribution in [3.63, 3.8) is 0 Å². The first-order chi connectivity index (χ1) is 12.7. The van der Waals surface area contributed by atoms with E-state index in [1.807, 2.05) is 48.7 Å². The minimum Gasteiger partial charge on any atom is -0.355 e. The Morgan fingerprint density at radius 3 is 2.58 bits per heavy atom. The van der Waals surface area contributed by atoms with Crippen molar-refractivity contribution in [3.05, 3.63) is 72.4 Å². The van der Waals surface area contributed by atoms with E-state index in [4.69, 9.17) is 4.74 Å². The number of carbonyl (C=O) groups is 2. The number of nitrogens with zero attached hydrogens (tertiary/aromatic N) is 2. The summed E-state index contributed by atoms with van der Waals surface area (Å²) in [5, 5.41) is 0.915. The van der Waals surface area contributed by atoms with E-state index in [-0.39, 0.29) is 17.7 Å². The van der Waals surface area contributed by atoms with Gasteiger partial charge in [0.1, 0.15) is 0 Å². The molecule has 1 fully saturated rings. The summed E-state index contributed by atoms with van der Waals surface area (Å²) in [5.41, 5.74) is 1.30. The van der Waals surface area contributed by atoms with Crippen molar-refractivity contribution in [3.8, 4) is 0 Å². The summed E-state index contributed by atoms with van der Waals surface area (Å²) in [5.74, 6) is -0.277. The predicted molar refractivity (Wildman–Crippen MR) is 102 cm³/mol. The maximum absolute atomic E-state index is 12.5. The topological polar surface area (TPSA) is 51.5 Å². The molecule has 6 heteroatoms. The van der Waals surface area contributed by atoms with Crippen LogP contribution in [0.25, 0.3) is 10.9 Å². The Hall–Kier alpha value is -2.57. The molecule has 0 bridgehead atoms. The number of fused-ring (bicyclic) bond motifs is 1. The van der Waals surface area contributed by atoms with Crippen molar-refractivity contribution in [2.75, 3.05) is 6.61 Å². The fourth-order valence-electron chi connectivity index (χ4n) is 3.03. The molecule has 1 aliphatic heterocycles. The van der Waals surface area contributed by atoms with Gasteiger partial charge in [0.25, 0.3) is 11.1 Å². The largest absolute Gasteiger partial charge is 0.355 e. The molecule has 1 saturated heterocycles. The molecule has 0 radical (unpaired) electrons. The van der Waals surface area contributed by atoms with E-state index in [0.29, 0.717) is 13.2 Å². The van der Waals surface area contributed by atoms with Gasteiger partial charge in [0, 0.05) is 18.3 Å². The Morgan fingerprint density at radius 2 is 1.73 bits per heavy atom. The number of amides is 2. The van der Waals surface area contributed by atoms with Crippen LogP contribution in [0.1, 0.15) is 5.56 Å². The van der Waals surface area contributed by atoms with E-state index in [1.54, 1.807) is 0 Å². The number of carbonyl (C=O) groups excluding carboxylic acids is 2. The van der Waals surface area contributed by atoms with Crippen molar-refractivity contribution in [1.82, 2.24) is 9.47 Å². The van der Waals surface area contributed by atoms with E-state index in [9.17, 15) is 9.59 Å². The molecule has 2 heterocycles. The molecule has 4 rings (SSSR count). The number of benzene rings is 2. The second-order valence-electron chi connectivity index (χ2n) is 6.06. The molecular weight excluding hydrogens is 348 g/mol. The van der Waals surface area contributed by atoms with Crippen LogP contribution in [0.2, 0.25) is 0 Å². The van der Waals surface area contributed by atoms with Crippen LogP contribution in [0.4, 0.5) is 4.79 Å². The lowest BCUT2D eigenvalue weighted by Gasteiger charge is -2.14. The van der Waals surface area contributed by atoms with Gasteiger partial charge in [-0.05, 0) is 34.8 Å². The second kappa shape index (κ2) is 7.35. The summed E-state index contributed by atoms with van der Waals surface area (Å²) in [6.07, 6.45) is 2.00. The maximum atomic E-state index is 12.5. The lowest BCUT2D eigenvalue weighted by molar-refractivity contribution is -0.134. The Kier molecular flexibility index (Phi) is 4.77. The highest BCUT2D eigenvalue weighted by molar-refractivity contribution is 8.15. The van der Waals surface area contributed by atoms with Crippen molar-refractivity contribution in [1.29, 1.82) is 0 Å². The molecule has 2 amide bonds. The number of imide groups is 1. The summed E-state index contributed by atoms with van der Waals surface area (Å²) in [7, 11) is 0. The summed E-state index contributed by atoms with van der Waals surface area (Å²) in [6, 6.07) is 19.6. The van der Waals surface area contributed by atoms with Crippen LogP contribution in [-0.2, 0) is 22.6 Å². The number of hydrogen-bond acceptors (Lipinski definition) is 4. The average Bonchev–Trinajstić information content (AvgIpc) is 3.19. The third-order valence-corrected chi connectivity index (χ3v) is 5.33. The van der Waals surface area contributed by atoms with Crippen molar-refractivity contribution in [2.45, 2.75) is 18.5 Å². The highest BCUT2D eigenvalue weighted by Gasteiger charge is 2.40. The van der Waals surface area contributed by atoms with Crippen molar-refractivity contribution in [2.24, 2.45) is 0 Å². The number of para-hydroxylation sites is 1. The third kappa shape index (κ3) is 3.38. The van der Waals surface area contributed by atoms with Crippen LogP contribution in [0.15, 0.2) is 66.9 Å². The van der Waals surface area contributed by atoms with E-state index >= 15 is 0 Å². The summed E-state index contributed by atoms with van der Waals surface area (Å²) >= 11 is 0.948. The Labute approximate surface area is 155 Å². The number of rotatable bonds is 6. The third-order valence-electron chi connectivity index (χ3n) is 4.36. The first-order valence-corrected chi connectivity index (χ1v) is 9.32. The molecule has 3 aromatic rings. The van der Waals surface area contributed by atoms with Gasteiger partial charge in [-0.2, -0.15) is 0 Å². The zero-order chi connectivity index (χ0) is 17.9. The fourth-order valence-corrected chi connectivity index (χ4v) is 3.89. The van der Waals surface area contributed by atoms with Gasteiger partial charge in [-0.15, -0.1) is 0 Å². The smallest absolute Gasteiger partial charge is 0.291 e. The zero-order valence-electron chi connectivity index (χ0n) is 14.1. The molecule has 1 atom stereocenters. The van der Waals surface area contributed by atoms with E-state index < -0.39 is 5.44 Å². The van der Waals surface area contributed by atoms with Gasteiger partial charge in [0.2, 0.25) is 0 Å². The normalized spacial score (nSPS) is 17.4. The molecule has 1 unspecified atom stereocenters. The standard InChI is InChI=1S/C20H18N2O3S/c23-18-19(26-20(24)22(18)14-15-6-2-1-3-7-15)25-13-12-21-11-10-16-8-4-5-9-17(16)21/h1-11,19H,12-14H2. The molecule has 26 heavy (non-hydrogen) atoms. The average molecular weight is 366 g/mol. The molecule has 1 aliphatic rings. The zero-order valence-corrected chi connectivity index (χ0v) is 14.9. The molecule has 0 aliphatic carbocycles. The molecule has 5 nitrogen and oxygen atoms in total. The Balaban J connectivity index is 1.35. The highest BCUT2D eigenvalue weighted by atomic mass is 32.2. The predicted octanol–water partition coefficient (Wildman–Crippen LogP) is 3.88. The van der Waals surface area contributed by atoms with E-state index in [2.05, 4.69) is 22.8 Å². The van der Waals surface area contributed by atoms with Crippen LogP contribution >= 0.6 is 11.8 Å². The Morgan fingerprint density at radius 1 is 0.962 bits per heavy atom. The fraction of sp³-hybridized carbons (Fsp3) is 0.200. The van der Waals surface area contributed by atoms with E-state index in [1.165, 1.54) is 10.3 Å². The molecule has 0 spiro atoms. The van der Waals surface area contributed by atoms with Gasteiger partial charge in [-0.25, -0.2) is 0 Å². The number of hydrogen-bond donors (Lipinski definition) is 0. The van der Waals surface area contributed by atoms with Crippen molar-refractivity contribution >= 4 is 33.8 Å². The molecule has 132 valence electrons. The SMILES string of the molecule is O=C1SC(OCCn2ccc3ccccc32)C(=O)N1Cc1ccccc1. The maximum Gasteiger partial charge on any atom is 0.291 e. The minimum absolute atomic E-state index is 0.254. The first-order valence-electron chi connectivity index (χ1n) is 8.44. The van der Waals surface area contributed by atoms with Gasteiger partial charge < -0.3 is 9.30 Å². The molecule has 1 aromatic heterocycles. The van der Waals surface area contributed by atoms with Gasteiger partial charge in [-0.1, -0.05) is 48.5 Å². The van der Waals surface area contributed by atoms with Gasteiger partial charge in [0.15, 0.2) is 5.44 Å². The van der Waals surface area contributed by atoms with Gasteiger partial charge >= 0.3 is 0 Å². The van der Waals surface area contributed by atoms with Crippen molar-refractivity contribution < 1.29 is 14.3 Å². The van der Waals surface area contributed by atoms with Crippen LogP contribution in [0.5, 0.6) is 0 Å². The summed E-state index contributed by atoms with van der Waals surface area (Å²) in [4.78, 5) is 25.9. The van der Waals surface area contributed by atoms with Crippen LogP contribution in [-0.4, -0.2) is 32.7 Å². The Bertz CT molecular complexity index is 938. The van der Waals surface area contributed by atoms with Crippen LogP contribution in [0, 0.1) is 0 Å². The molecule has 0 saturated carbocycles. The van der Waals surface area contributed by atoms with Crippen LogP contribution < -0.4 is 0 Å². The van der Waals surface area contributed by atoms with Gasteiger partial charge in [-0.3, -0.25) is 14.5 Å².